The van der Waals surface area contributed by atoms with Gasteiger partial charge in [-0.1, -0.05) is 32.0 Å². The molecule has 0 atom stereocenters. The smallest absolute Gasteiger partial charge is 0.355 e. The summed E-state index contributed by atoms with van der Waals surface area (Å²) in [7, 11) is 0. The summed E-state index contributed by atoms with van der Waals surface area (Å²) in [6.45, 7) is 3.80. The van der Waals surface area contributed by atoms with Crippen LogP contribution in [0.15, 0.2) is 30.3 Å². The molecule has 23 heavy (non-hydrogen) atoms. The molecular formula is C16H19N3O4. The number of para-hydroxylation sites is 1. The maximum Gasteiger partial charge on any atom is 0.355 e. The number of H-pyrrole nitrogens is 1. The Morgan fingerprint density at radius 2 is 1.96 bits per heavy atom. The second-order valence-electron chi connectivity index (χ2n) is 5.50. The van der Waals surface area contributed by atoms with Crippen molar-refractivity contribution in [3.8, 4) is 0 Å². The lowest BCUT2D eigenvalue weighted by Crippen LogP contribution is -2.42. The number of carbonyl (C=O) groups is 3. The number of esters is 1. The largest absolute Gasteiger partial charge is 0.451 e. The molecule has 3 N–H and O–H groups in total. The van der Waals surface area contributed by atoms with Crippen molar-refractivity contribution in [2.45, 2.75) is 13.8 Å². The molecule has 1 aromatic heterocycles. The quantitative estimate of drug-likeness (QED) is 0.732. The highest BCUT2D eigenvalue weighted by atomic mass is 16.5. The van der Waals surface area contributed by atoms with Crippen LogP contribution < -0.4 is 10.6 Å². The molecule has 0 aliphatic carbocycles. The normalized spacial score (nSPS) is 10.6. The first-order valence-corrected chi connectivity index (χ1v) is 7.28. The van der Waals surface area contributed by atoms with Crippen LogP contribution in [0.3, 0.4) is 0 Å². The van der Waals surface area contributed by atoms with E-state index in [1.54, 1.807) is 6.07 Å². The molecule has 0 saturated carbocycles. The van der Waals surface area contributed by atoms with Crippen molar-refractivity contribution in [3.63, 3.8) is 0 Å². The number of aromatic nitrogens is 1. The highest BCUT2D eigenvalue weighted by molar-refractivity contribution is 5.98. The van der Waals surface area contributed by atoms with E-state index < -0.39 is 24.5 Å². The fourth-order valence-corrected chi connectivity index (χ4v) is 1.90. The zero-order valence-corrected chi connectivity index (χ0v) is 13.0. The number of urea groups is 1. The monoisotopic (exact) mass is 317 g/mol. The van der Waals surface area contributed by atoms with E-state index >= 15 is 0 Å². The molecule has 0 aliphatic heterocycles. The molecule has 0 aliphatic rings. The fourth-order valence-electron chi connectivity index (χ4n) is 1.90. The summed E-state index contributed by atoms with van der Waals surface area (Å²) in [4.78, 5) is 37.7. The molecule has 2 rings (SSSR count). The number of carbonyl (C=O) groups excluding carboxylic acids is 3. The number of hydrogen-bond donors (Lipinski definition) is 3. The fraction of sp³-hybridized carbons (Fsp3) is 0.312. The SMILES string of the molecule is CC(C)CNC(=O)NC(=O)COC(=O)c1cc2ccccc2[nH]1. The van der Waals surface area contributed by atoms with Crippen LogP contribution in [0.1, 0.15) is 24.3 Å². The minimum absolute atomic E-state index is 0.253. The van der Waals surface area contributed by atoms with Gasteiger partial charge in [0.1, 0.15) is 5.69 Å². The highest BCUT2D eigenvalue weighted by Crippen LogP contribution is 2.15. The summed E-state index contributed by atoms with van der Waals surface area (Å²) in [5.74, 6) is -1.06. The third-order valence-electron chi connectivity index (χ3n) is 3.01. The van der Waals surface area contributed by atoms with E-state index in [9.17, 15) is 14.4 Å². The zero-order chi connectivity index (χ0) is 16.8. The van der Waals surface area contributed by atoms with Crippen LogP contribution in [0, 0.1) is 5.92 Å². The molecule has 2 aromatic rings. The third kappa shape index (κ3) is 4.84. The molecule has 0 spiro atoms. The summed E-state index contributed by atoms with van der Waals surface area (Å²) in [6.07, 6.45) is 0. The minimum Gasteiger partial charge on any atom is -0.451 e. The Bertz CT molecular complexity index is 688. The number of hydrogen-bond acceptors (Lipinski definition) is 4. The van der Waals surface area contributed by atoms with Gasteiger partial charge in [-0.2, -0.15) is 0 Å². The number of aromatic amines is 1. The first kappa shape index (κ1) is 16.5. The van der Waals surface area contributed by atoms with Gasteiger partial charge in [-0.25, -0.2) is 9.59 Å². The Morgan fingerprint density at radius 3 is 2.65 bits per heavy atom. The van der Waals surface area contributed by atoms with Gasteiger partial charge in [0, 0.05) is 17.4 Å². The van der Waals surface area contributed by atoms with Crippen LogP contribution in [0.5, 0.6) is 0 Å². The van der Waals surface area contributed by atoms with Gasteiger partial charge in [-0.3, -0.25) is 10.1 Å². The number of fused-ring (bicyclic) bond motifs is 1. The van der Waals surface area contributed by atoms with Crippen LogP contribution in [-0.2, 0) is 9.53 Å². The van der Waals surface area contributed by atoms with E-state index in [0.717, 1.165) is 10.9 Å². The number of ether oxygens (including phenoxy) is 1. The van der Waals surface area contributed by atoms with Gasteiger partial charge in [0.25, 0.3) is 5.91 Å². The second kappa shape index (κ2) is 7.44. The molecule has 1 aromatic carbocycles. The molecule has 7 nitrogen and oxygen atoms in total. The lowest BCUT2D eigenvalue weighted by Gasteiger charge is -2.08. The van der Waals surface area contributed by atoms with E-state index in [0.29, 0.717) is 6.54 Å². The molecule has 1 heterocycles. The van der Waals surface area contributed by atoms with E-state index in [4.69, 9.17) is 4.74 Å². The van der Waals surface area contributed by atoms with Gasteiger partial charge < -0.3 is 15.0 Å². The summed E-state index contributed by atoms with van der Waals surface area (Å²) in [5.41, 5.74) is 1.06. The van der Waals surface area contributed by atoms with E-state index in [1.807, 2.05) is 38.1 Å². The molecule has 122 valence electrons. The van der Waals surface area contributed by atoms with Crippen molar-refractivity contribution in [2.75, 3.05) is 13.2 Å². The van der Waals surface area contributed by atoms with Crippen molar-refractivity contribution in [1.29, 1.82) is 0 Å². The van der Waals surface area contributed by atoms with Crippen LogP contribution >= 0.6 is 0 Å². The Hall–Kier alpha value is -2.83. The number of benzene rings is 1. The maximum atomic E-state index is 11.9. The van der Waals surface area contributed by atoms with Gasteiger partial charge in [0.15, 0.2) is 6.61 Å². The highest BCUT2D eigenvalue weighted by Gasteiger charge is 2.14. The van der Waals surface area contributed by atoms with Crippen molar-refractivity contribution in [3.05, 3.63) is 36.0 Å². The van der Waals surface area contributed by atoms with Crippen molar-refractivity contribution in [2.24, 2.45) is 5.92 Å². The molecule has 7 heteroatoms. The van der Waals surface area contributed by atoms with Crippen LogP contribution in [-0.4, -0.2) is 36.0 Å². The van der Waals surface area contributed by atoms with Gasteiger partial charge in [0.2, 0.25) is 0 Å². The standard InChI is InChI=1S/C16H19N3O4/c1-10(2)8-17-16(22)19-14(20)9-23-15(21)13-7-11-5-3-4-6-12(11)18-13/h3-7,10,18H,8-9H2,1-2H3,(H2,17,19,20,22). The van der Waals surface area contributed by atoms with Crippen molar-refractivity contribution < 1.29 is 19.1 Å². The average Bonchev–Trinajstić information content (AvgIpc) is 2.94. The first-order valence-electron chi connectivity index (χ1n) is 7.28. The number of rotatable bonds is 5. The molecule has 3 amide bonds. The van der Waals surface area contributed by atoms with Crippen LogP contribution in [0.2, 0.25) is 0 Å². The average molecular weight is 317 g/mol. The molecule has 0 unspecified atom stereocenters. The predicted octanol–water partition coefficient (Wildman–Crippen LogP) is 1.81. The van der Waals surface area contributed by atoms with Gasteiger partial charge in [0.05, 0.1) is 0 Å². The molecular weight excluding hydrogens is 298 g/mol. The van der Waals surface area contributed by atoms with Crippen LogP contribution in [0.4, 0.5) is 4.79 Å². The molecule has 0 fully saturated rings. The number of amides is 3. The Labute approximate surface area is 133 Å². The third-order valence-corrected chi connectivity index (χ3v) is 3.01. The summed E-state index contributed by atoms with van der Waals surface area (Å²) in [6, 6.07) is 8.42. The van der Waals surface area contributed by atoms with Gasteiger partial charge >= 0.3 is 12.0 Å². The second-order valence-corrected chi connectivity index (χ2v) is 5.50. The van der Waals surface area contributed by atoms with Crippen LogP contribution in [0.25, 0.3) is 10.9 Å². The molecule has 0 saturated heterocycles. The maximum absolute atomic E-state index is 11.9. The van der Waals surface area contributed by atoms with Gasteiger partial charge in [-0.15, -0.1) is 0 Å². The summed E-state index contributed by atoms with van der Waals surface area (Å²) in [5, 5.41) is 5.50. The molecule has 0 bridgehead atoms. The van der Waals surface area contributed by atoms with E-state index in [2.05, 4.69) is 15.6 Å². The Balaban J connectivity index is 1.81. The Morgan fingerprint density at radius 1 is 1.22 bits per heavy atom. The zero-order valence-electron chi connectivity index (χ0n) is 13.0. The van der Waals surface area contributed by atoms with E-state index in [-0.39, 0.29) is 11.6 Å². The van der Waals surface area contributed by atoms with Gasteiger partial charge in [-0.05, 0) is 18.1 Å². The van der Waals surface area contributed by atoms with Crippen molar-refractivity contribution in [1.82, 2.24) is 15.6 Å². The topological polar surface area (TPSA) is 100 Å². The first-order chi connectivity index (χ1) is 11.0. The van der Waals surface area contributed by atoms with Crippen molar-refractivity contribution >= 4 is 28.8 Å². The number of nitrogens with one attached hydrogen (secondary N) is 3. The minimum atomic E-state index is -0.685. The van der Waals surface area contributed by atoms with E-state index in [1.165, 1.54) is 0 Å². The summed E-state index contributed by atoms with van der Waals surface area (Å²) < 4.78 is 4.88. The molecule has 0 radical (unpaired) electrons. The lowest BCUT2D eigenvalue weighted by molar-refractivity contribution is -0.123. The lowest BCUT2D eigenvalue weighted by atomic mass is 10.2. The predicted molar refractivity (Wildman–Crippen MR) is 85.0 cm³/mol. The Kier molecular flexibility index (Phi) is 5.35. The number of imide groups is 1. The summed E-state index contributed by atoms with van der Waals surface area (Å²) >= 11 is 0.